The van der Waals surface area contributed by atoms with Crippen molar-refractivity contribution < 1.29 is 14.7 Å². The number of aryl methyl sites for hydroxylation is 2. The van der Waals surface area contributed by atoms with Gasteiger partial charge in [-0.2, -0.15) is 5.26 Å². The van der Waals surface area contributed by atoms with Gasteiger partial charge >= 0.3 is 0 Å². The number of aliphatic hydroxyl groups is 1. The highest BCUT2D eigenvalue weighted by Gasteiger charge is 2.42. The molecular formula is C36H36N8O4S. The lowest BCUT2D eigenvalue weighted by Gasteiger charge is -2.43. The van der Waals surface area contributed by atoms with Crippen molar-refractivity contribution >= 4 is 34.2 Å². The summed E-state index contributed by atoms with van der Waals surface area (Å²) in [5.74, 6) is -0.893. The van der Waals surface area contributed by atoms with Gasteiger partial charge in [0.15, 0.2) is 5.69 Å². The average molecular weight is 677 g/mol. The summed E-state index contributed by atoms with van der Waals surface area (Å²) in [6.45, 7) is 3.38. The van der Waals surface area contributed by atoms with Gasteiger partial charge in [0.25, 0.3) is 11.5 Å². The molecule has 0 bridgehead atoms. The van der Waals surface area contributed by atoms with Gasteiger partial charge in [-0.25, -0.2) is 9.97 Å². The van der Waals surface area contributed by atoms with Crippen molar-refractivity contribution in [2.75, 3.05) is 26.2 Å². The van der Waals surface area contributed by atoms with Crippen LogP contribution in [0.1, 0.15) is 51.8 Å². The van der Waals surface area contributed by atoms with Crippen LogP contribution >= 0.6 is 11.3 Å². The number of pyridine rings is 1. The highest BCUT2D eigenvalue weighted by molar-refractivity contribution is 7.17. The zero-order valence-corrected chi connectivity index (χ0v) is 28.1. The Hall–Kier alpha value is -5.19. The summed E-state index contributed by atoms with van der Waals surface area (Å²) >= 11 is 1.18. The van der Waals surface area contributed by atoms with E-state index in [9.17, 15) is 24.8 Å². The first kappa shape index (κ1) is 32.4. The molecule has 0 spiro atoms. The van der Waals surface area contributed by atoms with Crippen LogP contribution in [0.25, 0.3) is 21.6 Å². The van der Waals surface area contributed by atoms with Crippen LogP contribution in [0.2, 0.25) is 0 Å². The van der Waals surface area contributed by atoms with Crippen molar-refractivity contribution in [3.8, 4) is 16.6 Å². The first-order valence-electron chi connectivity index (χ1n) is 16.3. The number of benzene rings is 1. The van der Waals surface area contributed by atoms with E-state index < -0.39 is 5.60 Å². The lowest BCUT2D eigenvalue weighted by molar-refractivity contribution is -0.142. The molecule has 0 unspecified atom stereocenters. The monoisotopic (exact) mass is 676 g/mol. The molecule has 2 saturated heterocycles. The Morgan fingerprint density at radius 3 is 2.55 bits per heavy atom. The number of likely N-dealkylation sites (tertiary alicyclic amines) is 2. The number of hydrogen-bond donors (Lipinski definition) is 1. The van der Waals surface area contributed by atoms with E-state index in [-0.39, 0.29) is 46.3 Å². The summed E-state index contributed by atoms with van der Waals surface area (Å²) in [4.78, 5) is 58.2. The minimum Gasteiger partial charge on any atom is -0.388 e. The number of nitrogens with zero attached hydrogens (tertiary/aromatic N) is 8. The zero-order chi connectivity index (χ0) is 34.3. The molecule has 6 heterocycles. The third-order valence-corrected chi connectivity index (χ3v) is 10.9. The highest BCUT2D eigenvalue weighted by Crippen LogP contribution is 2.37. The number of carbonyl (C=O) groups is 2. The van der Waals surface area contributed by atoms with Crippen LogP contribution in [0.3, 0.4) is 0 Å². The number of rotatable bonds is 6. The number of hydrogen-bond acceptors (Lipinski definition) is 9. The second kappa shape index (κ2) is 13.0. The maximum Gasteiger partial charge on any atom is 0.267 e. The van der Waals surface area contributed by atoms with Crippen LogP contribution in [-0.2, 0) is 18.4 Å². The fraction of sp³-hybridized carbons (Fsp3) is 0.361. The van der Waals surface area contributed by atoms with Crippen molar-refractivity contribution in [2.45, 2.75) is 44.2 Å². The molecule has 2 fully saturated rings. The average Bonchev–Trinajstić information content (AvgIpc) is 3.73. The van der Waals surface area contributed by atoms with Gasteiger partial charge in [0, 0.05) is 68.7 Å². The Morgan fingerprint density at radius 2 is 1.84 bits per heavy atom. The summed E-state index contributed by atoms with van der Waals surface area (Å²) in [7, 11) is 1.83. The molecule has 13 heteroatoms. The molecule has 2 aliphatic rings. The fourth-order valence-electron chi connectivity index (χ4n) is 7.02. The molecule has 12 nitrogen and oxygen atoms in total. The third-order valence-electron chi connectivity index (χ3n) is 9.85. The molecule has 4 aromatic heterocycles. The number of fused-ring (bicyclic) bond motifs is 1. The Kier molecular flexibility index (Phi) is 8.60. The number of carbonyl (C=O) groups excluding carboxylic acids is 2. The third kappa shape index (κ3) is 6.25. The topological polar surface area (TPSA) is 150 Å². The van der Waals surface area contributed by atoms with Gasteiger partial charge in [0.05, 0.1) is 17.5 Å². The first-order chi connectivity index (χ1) is 23.6. The predicted molar refractivity (Wildman–Crippen MR) is 184 cm³/mol. The fourth-order valence-corrected chi connectivity index (χ4v) is 7.99. The summed E-state index contributed by atoms with van der Waals surface area (Å²) in [6, 6.07) is 17.3. The van der Waals surface area contributed by atoms with Gasteiger partial charge in [-0.3, -0.25) is 23.9 Å². The summed E-state index contributed by atoms with van der Waals surface area (Å²) < 4.78 is 3.24. The number of aromatic nitrogens is 5. The van der Waals surface area contributed by atoms with Crippen LogP contribution in [0.4, 0.5) is 0 Å². The van der Waals surface area contributed by atoms with Gasteiger partial charge in [-0.05, 0) is 49.9 Å². The second-order valence-electron chi connectivity index (χ2n) is 13.1. The minimum atomic E-state index is -1.15. The van der Waals surface area contributed by atoms with Gasteiger partial charge in [-0.15, -0.1) is 11.3 Å². The number of nitriles is 1. The molecule has 2 aliphatic heterocycles. The highest BCUT2D eigenvalue weighted by atomic mass is 32.1. The molecule has 5 aromatic rings. The van der Waals surface area contributed by atoms with E-state index in [1.807, 2.05) is 61.3 Å². The van der Waals surface area contributed by atoms with Gasteiger partial charge in [0.2, 0.25) is 5.91 Å². The lowest BCUT2D eigenvalue weighted by atomic mass is 9.79. The smallest absolute Gasteiger partial charge is 0.267 e. The Balaban J connectivity index is 1.06. The standard InChI is InChI=1S/C36H36N8O4S/c1-23-8-9-25(19-38-23)32-40-29(18-37)30(49-32)35(47)43-15-11-26(28(20-43)24-6-4-3-5-7-24)33(45)42-16-12-36(48,13-17-42)21-44-22-39-31-27(34(44)46)10-14-41(31)2/h3-10,14,19,22,26,28,48H,11-13,15-17,20-21H2,1-2H3/t26-,28+/m1/s1. The van der Waals surface area contributed by atoms with Crippen molar-refractivity contribution in [2.24, 2.45) is 13.0 Å². The molecule has 2 atom stereocenters. The van der Waals surface area contributed by atoms with E-state index in [0.717, 1.165) is 16.8 Å². The minimum absolute atomic E-state index is 0.00259. The van der Waals surface area contributed by atoms with Gasteiger partial charge < -0.3 is 19.5 Å². The Bertz CT molecular complexity index is 2120. The number of thiazole rings is 1. The van der Waals surface area contributed by atoms with Gasteiger partial charge in [-0.1, -0.05) is 30.3 Å². The summed E-state index contributed by atoms with van der Waals surface area (Å²) in [5, 5.41) is 22.4. The van der Waals surface area contributed by atoms with Crippen molar-refractivity contribution in [3.05, 3.63) is 99.4 Å². The molecule has 0 aliphatic carbocycles. The van der Waals surface area contributed by atoms with Crippen LogP contribution in [0.5, 0.6) is 0 Å². The van der Waals surface area contributed by atoms with E-state index in [0.29, 0.717) is 61.5 Å². The maximum absolute atomic E-state index is 14.2. The van der Waals surface area contributed by atoms with E-state index in [1.54, 1.807) is 27.9 Å². The SMILES string of the molecule is Cc1ccc(-c2nc(C#N)c(C(=O)N3CC[C@@H](C(=O)N4CCC(O)(Cn5cnc6c(ccn6C)c5=O)CC4)[C@H](c4ccccc4)C3)s2)cn1. The van der Waals surface area contributed by atoms with Crippen molar-refractivity contribution in [1.29, 1.82) is 5.26 Å². The van der Waals surface area contributed by atoms with E-state index in [4.69, 9.17) is 0 Å². The first-order valence-corrected chi connectivity index (χ1v) is 17.2. The lowest BCUT2D eigenvalue weighted by Crippen LogP contribution is -2.53. The quantitative estimate of drug-likeness (QED) is 0.286. The van der Waals surface area contributed by atoms with Crippen LogP contribution in [0, 0.1) is 24.2 Å². The van der Waals surface area contributed by atoms with Crippen LogP contribution in [0.15, 0.2) is 72.0 Å². The Labute approximate surface area is 286 Å². The molecule has 1 N–H and O–H groups in total. The molecule has 1 aromatic carbocycles. The zero-order valence-electron chi connectivity index (χ0n) is 27.3. The Morgan fingerprint density at radius 1 is 1.06 bits per heavy atom. The van der Waals surface area contributed by atoms with E-state index in [1.165, 1.54) is 22.2 Å². The molecule has 2 amide bonds. The molecule has 250 valence electrons. The number of piperidine rings is 2. The molecule has 7 rings (SSSR count). The van der Waals surface area contributed by atoms with E-state index >= 15 is 0 Å². The largest absolute Gasteiger partial charge is 0.388 e. The van der Waals surface area contributed by atoms with Crippen molar-refractivity contribution in [3.63, 3.8) is 0 Å². The normalized spacial score (nSPS) is 19.1. The van der Waals surface area contributed by atoms with Crippen molar-refractivity contribution in [1.82, 2.24) is 33.9 Å². The van der Waals surface area contributed by atoms with E-state index in [2.05, 4.69) is 21.0 Å². The summed E-state index contributed by atoms with van der Waals surface area (Å²) in [6.07, 6.45) is 6.06. The number of amides is 2. The van der Waals surface area contributed by atoms with Gasteiger partial charge in [0.1, 0.15) is 27.9 Å². The second-order valence-corrected chi connectivity index (χ2v) is 14.1. The molecule has 0 saturated carbocycles. The molecule has 49 heavy (non-hydrogen) atoms. The summed E-state index contributed by atoms with van der Waals surface area (Å²) in [5.41, 5.74) is 1.89. The van der Waals surface area contributed by atoms with Crippen LogP contribution < -0.4 is 5.56 Å². The predicted octanol–water partition coefficient (Wildman–Crippen LogP) is 3.73. The molecular weight excluding hydrogens is 641 g/mol. The van der Waals surface area contributed by atoms with Crippen LogP contribution in [-0.4, -0.2) is 82.6 Å². The molecule has 0 radical (unpaired) electrons. The maximum atomic E-state index is 14.2.